The van der Waals surface area contributed by atoms with Gasteiger partial charge in [0, 0.05) is 30.2 Å². The minimum Gasteiger partial charge on any atom is -0.497 e. The number of hydrogen-bond acceptors (Lipinski definition) is 8. The van der Waals surface area contributed by atoms with E-state index < -0.39 is 5.25 Å². The normalized spacial score (nSPS) is 13.5. The minimum absolute atomic E-state index is 0.160. The highest BCUT2D eigenvalue weighted by atomic mass is 32.2. The van der Waals surface area contributed by atoms with Gasteiger partial charge >= 0.3 is 5.56 Å². The molecule has 34 heavy (non-hydrogen) atoms. The maximum absolute atomic E-state index is 13.0. The zero-order chi connectivity index (χ0) is 23.7. The van der Waals surface area contributed by atoms with Gasteiger partial charge in [0.15, 0.2) is 16.7 Å². The van der Waals surface area contributed by atoms with Crippen molar-refractivity contribution < 1.29 is 19.0 Å². The van der Waals surface area contributed by atoms with Crippen LogP contribution in [0, 0.1) is 0 Å². The summed E-state index contributed by atoms with van der Waals surface area (Å²) < 4.78 is 19.4. The summed E-state index contributed by atoms with van der Waals surface area (Å²) in [4.78, 5) is 25.8. The number of anilines is 1. The van der Waals surface area contributed by atoms with Gasteiger partial charge in [0.2, 0.25) is 11.6 Å². The van der Waals surface area contributed by atoms with E-state index in [1.165, 1.54) is 16.3 Å². The van der Waals surface area contributed by atoms with Crippen LogP contribution in [0.5, 0.6) is 17.2 Å². The Morgan fingerprint density at radius 2 is 1.94 bits per heavy atom. The molecular formula is C23H21N5O5S. The SMILES string of the molecule is COc1cccc(-n2ccn3c(S[C@H](C)C(=O)Nc4ccc5c(c4)OCCO5)nnc3c2=O)c1. The number of fused-ring (bicyclic) bond motifs is 2. The first-order valence-corrected chi connectivity index (χ1v) is 11.4. The second-order valence-corrected chi connectivity index (χ2v) is 8.77. The van der Waals surface area contributed by atoms with E-state index in [-0.39, 0.29) is 17.1 Å². The lowest BCUT2D eigenvalue weighted by molar-refractivity contribution is -0.115. The predicted molar refractivity (Wildman–Crippen MR) is 127 cm³/mol. The van der Waals surface area contributed by atoms with Crippen LogP contribution >= 0.6 is 11.8 Å². The fourth-order valence-corrected chi connectivity index (χ4v) is 4.32. The molecule has 0 aliphatic carbocycles. The second-order valence-electron chi connectivity index (χ2n) is 7.46. The van der Waals surface area contributed by atoms with Gasteiger partial charge in [0.1, 0.15) is 19.0 Å². The summed E-state index contributed by atoms with van der Waals surface area (Å²) in [6.45, 7) is 2.73. The van der Waals surface area contributed by atoms with E-state index in [1.54, 1.807) is 73.3 Å². The first-order valence-electron chi connectivity index (χ1n) is 10.5. The summed E-state index contributed by atoms with van der Waals surface area (Å²) >= 11 is 1.21. The van der Waals surface area contributed by atoms with Crippen LogP contribution in [0.1, 0.15) is 6.92 Å². The topological polar surface area (TPSA) is 109 Å². The molecule has 10 nitrogen and oxygen atoms in total. The highest BCUT2D eigenvalue weighted by molar-refractivity contribution is 8.00. The van der Waals surface area contributed by atoms with E-state index in [1.807, 2.05) is 0 Å². The maximum atomic E-state index is 13.0. The largest absolute Gasteiger partial charge is 0.497 e. The Morgan fingerprint density at radius 1 is 1.12 bits per heavy atom. The molecular weight excluding hydrogens is 458 g/mol. The molecule has 3 heterocycles. The van der Waals surface area contributed by atoms with Crippen LogP contribution in [0.4, 0.5) is 5.69 Å². The van der Waals surface area contributed by atoms with Gasteiger partial charge in [-0.05, 0) is 31.2 Å². The predicted octanol–water partition coefficient (Wildman–Crippen LogP) is 2.78. The van der Waals surface area contributed by atoms with Crippen molar-refractivity contribution in [1.29, 1.82) is 0 Å². The Bertz CT molecular complexity index is 1430. The van der Waals surface area contributed by atoms with E-state index >= 15 is 0 Å². The summed E-state index contributed by atoms with van der Waals surface area (Å²) in [7, 11) is 1.57. The summed E-state index contributed by atoms with van der Waals surface area (Å²) in [6.07, 6.45) is 3.33. The van der Waals surface area contributed by atoms with Crippen LogP contribution in [0.15, 0.2) is 64.8 Å². The summed E-state index contributed by atoms with van der Waals surface area (Å²) in [6, 6.07) is 12.4. The van der Waals surface area contributed by atoms with Crippen LogP contribution in [0.2, 0.25) is 0 Å². The van der Waals surface area contributed by atoms with E-state index in [2.05, 4.69) is 15.5 Å². The van der Waals surface area contributed by atoms with Crippen LogP contribution in [0.3, 0.4) is 0 Å². The lowest BCUT2D eigenvalue weighted by atomic mass is 10.2. The first kappa shape index (κ1) is 21.8. The number of thioether (sulfide) groups is 1. The molecule has 1 amide bonds. The molecule has 4 aromatic rings. The van der Waals surface area contributed by atoms with Crippen LogP contribution < -0.4 is 25.1 Å². The zero-order valence-corrected chi connectivity index (χ0v) is 19.2. The Morgan fingerprint density at radius 3 is 2.76 bits per heavy atom. The molecule has 174 valence electrons. The zero-order valence-electron chi connectivity index (χ0n) is 18.4. The molecule has 1 N–H and O–H groups in total. The number of nitrogens with one attached hydrogen (secondary N) is 1. The van der Waals surface area contributed by atoms with Crippen molar-refractivity contribution in [2.75, 3.05) is 25.6 Å². The van der Waals surface area contributed by atoms with Gasteiger partial charge in [-0.2, -0.15) is 0 Å². The van der Waals surface area contributed by atoms with Crippen molar-refractivity contribution in [3.8, 4) is 22.9 Å². The molecule has 0 bridgehead atoms. The van der Waals surface area contributed by atoms with Gasteiger partial charge in [0.25, 0.3) is 0 Å². The van der Waals surface area contributed by atoms with Crippen LogP contribution in [-0.2, 0) is 4.79 Å². The third-order valence-electron chi connectivity index (χ3n) is 5.23. The molecule has 5 rings (SSSR count). The number of benzene rings is 2. The highest BCUT2D eigenvalue weighted by Crippen LogP contribution is 2.33. The maximum Gasteiger partial charge on any atom is 0.300 e. The molecule has 1 atom stereocenters. The lowest BCUT2D eigenvalue weighted by Crippen LogP contribution is -2.23. The monoisotopic (exact) mass is 479 g/mol. The average molecular weight is 480 g/mol. The Hall–Kier alpha value is -3.99. The molecule has 0 spiro atoms. The first-order chi connectivity index (χ1) is 16.5. The van der Waals surface area contributed by atoms with Gasteiger partial charge in [0.05, 0.1) is 18.0 Å². The summed E-state index contributed by atoms with van der Waals surface area (Å²) in [5, 5.41) is 11.0. The van der Waals surface area contributed by atoms with Crippen molar-refractivity contribution >= 4 is 29.0 Å². The van der Waals surface area contributed by atoms with Gasteiger partial charge in [-0.25, -0.2) is 0 Å². The highest BCUT2D eigenvalue weighted by Gasteiger charge is 2.21. The van der Waals surface area contributed by atoms with E-state index in [4.69, 9.17) is 14.2 Å². The Kier molecular flexibility index (Phi) is 5.84. The molecule has 0 unspecified atom stereocenters. The fourth-order valence-electron chi connectivity index (χ4n) is 3.49. The number of methoxy groups -OCH3 is 1. The quantitative estimate of drug-likeness (QED) is 0.421. The lowest BCUT2D eigenvalue weighted by Gasteiger charge is -2.19. The minimum atomic E-state index is -0.499. The molecule has 0 saturated carbocycles. The third-order valence-corrected chi connectivity index (χ3v) is 6.29. The van der Waals surface area contributed by atoms with Crippen molar-refractivity contribution in [2.24, 2.45) is 0 Å². The molecule has 0 fully saturated rings. The van der Waals surface area contributed by atoms with Gasteiger partial charge in [-0.3, -0.25) is 18.6 Å². The standard InChI is InChI=1S/C23H21N5O5S/c1-14(21(29)24-15-6-7-18-19(12-15)33-11-10-32-18)34-23-26-25-20-22(30)27(8-9-28(20)23)16-4-3-5-17(13-16)31-2/h3-9,12-14H,10-11H2,1-2H3,(H,24,29)/t14-/m1/s1. The molecule has 11 heteroatoms. The summed E-state index contributed by atoms with van der Waals surface area (Å²) in [5.74, 6) is 1.67. The van der Waals surface area contributed by atoms with Gasteiger partial charge in [-0.15, -0.1) is 10.2 Å². The number of rotatable bonds is 6. The smallest absolute Gasteiger partial charge is 0.300 e. The number of carbonyl (C=O) groups excluding carboxylic acids is 1. The Labute approximate surface area is 198 Å². The third kappa shape index (κ3) is 4.17. The number of aromatic nitrogens is 4. The molecule has 1 aliphatic heterocycles. The number of ether oxygens (including phenoxy) is 3. The molecule has 2 aromatic heterocycles. The molecule has 0 radical (unpaired) electrons. The average Bonchev–Trinajstić information content (AvgIpc) is 3.27. The number of amides is 1. The van der Waals surface area contributed by atoms with Gasteiger partial charge < -0.3 is 19.5 Å². The second kappa shape index (κ2) is 9.10. The number of carbonyl (C=O) groups is 1. The molecule has 2 aromatic carbocycles. The molecule has 0 saturated heterocycles. The summed E-state index contributed by atoms with van der Waals surface area (Å²) in [5.41, 5.74) is 1.08. The molecule has 1 aliphatic rings. The van der Waals surface area contributed by atoms with Gasteiger partial charge in [-0.1, -0.05) is 17.8 Å². The van der Waals surface area contributed by atoms with Crippen molar-refractivity contribution in [3.63, 3.8) is 0 Å². The van der Waals surface area contributed by atoms with Crippen molar-refractivity contribution in [1.82, 2.24) is 19.2 Å². The fraction of sp³-hybridized carbons (Fsp3) is 0.217. The van der Waals surface area contributed by atoms with E-state index in [0.717, 1.165) is 0 Å². The van der Waals surface area contributed by atoms with Crippen LogP contribution in [-0.4, -0.2) is 50.6 Å². The number of nitrogens with zero attached hydrogens (tertiary/aromatic N) is 4. The van der Waals surface area contributed by atoms with E-state index in [9.17, 15) is 9.59 Å². The van der Waals surface area contributed by atoms with Crippen molar-refractivity contribution in [3.05, 3.63) is 65.2 Å². The number of hydrogen-bond donors (Lipinski definition) is 1. The Balaban J connectivity index is 1.34. The van der Waals surface area contributed by atoms with Crippen molar-refractivity contribution in [2.45, 2.75) is 17.3 Å². The van der Waals surface area contributed by atoms with Crippen LogP contribution in [0.25, 0.3) is 11.3 Å². The van der Waals surface area contributed by atoms with E-state index in [0.29, 0.717) is 47.0 Å².